The van der Waals surface area contributed by atoms with Gasteiger partial charge in [-0.05, 0) is 73.3 Å². The molecule has 2 aliphatic carbocycles. The quantitative estimate of drug-likeness (QED) is 0.828. The van der Waals surface area contributed by atoms with E-state index in [4.69, 9.17) is 0 Å². The smallest absolute Gasteiger partial charge is 0.0572 e. The highest BCUT2D eigenvalue weighted by Crippen LogP contribution is 2.47. The molecule has 2 N–H and O–H groups in total. The molecule has 6 atom stereocenters. The molecule has 2 saturated carbocycles. The van der Waals surface area contributed by atoms with Gasteiger partial charge in [0.2, 0.25) is 0 Å². The molecule has 0 radical (unpaired) electrons. The summed E-state index contributed by atoms with van der Waals surface area (Å²) in [6.45, 7) is 0. The maximum absolute atomic E-state index is 10.7. The Morgan fingerprint density at radius 3 is 1.31 bits per heavy atom. The number of aliphatic hydroxyl groups excluding tert-OH is 2. The van der Waals surface area contributed by atoms with E-state index in [2.05, 4.69) is 60.7 Å². The molecule has 2 fully saturated rings. The summed E-state index contributed by atoms with van der Waals surface area (Å²) >= 11 is 0. The zero-order valence-corrected chi connectivity index (χ0v) is 15.4. The molecule has 4 rings (SSSR count). The van der Waals surface area contributed by atoms with Crippen LogP contribution in [-0.4, -0.2) is 22.4 Å². The second-order valence-corrected chi connectivity index (χ2v) is 8.30. The number of aliphatic hydroxyl groups is 2. The number of rotatable bonds is 3. The highest BCUT2D eigenvalue weighted by Gasteiger charge is 2.41. The first-order valence-corrected chi connectivity index (χ1v) is 10.2. The lowest BCUT2D eigenvalue weighted by molar-refractivity contribution is -0.0407. The molecule has 2 aromatic rings. The maximum Gasteiger partial charge on any atom is 0.0572 e. The minimum absolute atomic E-state index is 0.204. The Balaban J connectivity index is 1.51. The average molecular weight is 351 g/mol. The summed E-state index contributed by atoms with van der Waals surface area (Å²) in [6.07, 6.45) is 5.24. The van der Waals surface area contributed by atoms with Gasteiger partial charge in [0.15, 0.2) is 0 Å². The molecule has 0 aromatic heterocycles. The van der Waals surface area contributed by atoms with E-state index >= 15 is 0 Å². The fourth-order valence-corrected chi connectivity index (χ4v) is 5.36. The van der Waals surface area contributed by atoms with Gasteiger partial charge in [0.05, 0.1) is 12.2 Å². The van der Waals surface area contributed by atoms with Crippen molar-refractivity contribution in [3.63, 3.8) is 0 Å². The van der Waals surface area contributed by atoms with Crippen molar-refractivity contribution in [3.8, 4) is 0 Å². The predicted molar refractivity (Wildman–Crippen MR) is 105 cm³/mol. The molecule has 0 bridgehead atoms. The van der Waals surface area contributed by atoms with Gasteiger partial charge in [0.25, 0.3) is 0 Å². The SMILES string of the molecule is O[C@@H]1CCC(c2ccccc2)C[C@H]1[C@@H]1CC(c2ccccc2)CC[C@H]1O. The van der Waals surface area contributed by atoms with Crippen LogP contribution >= 0.6 is 0 Å². The van der Waals surface area contributed by atoms with Crippen molar-refractivity contribution < 1.29 is 10.2 Å². The van der Waals surface area contributed by atoms with Gasteiger partial charge >= 0.3 is 0 Å². The van der Waals surface area contributed by atoms with Crippen LogP contribution in [0.1, 0.15) is 61.5 Å². The molecule has 0 spiro atoms. The molecule has 0 heterocycles. The third kappa shape index (κ3) is 3.72. The largest absolute Gasteiger partial charge is 0.393 e. The summed E-state index contributed by atoms with van der Waals surface area (Å²) in [5.74, 6) is 1.42. The molecule has 26 heavy (non-hydrogen) atoms. The van der Waals surface area contributed by atoms with Crippen LogP contribution in [0.4, 0.5) is 0 Å². The highest BCUT2D eigenvalue weighted by molar-refractivity contribution is 5.22. The van der Waals surface area contributed by atoms with E-state index in [1.165, 1.54) is 11.1 Å². The number of hydrogen-bond acceptors (Lipinski definition) is 2. The first kappa shape index (κ1) is 17.8. The van der Waals surface area contributed by atoms with Gasteiger partial charge in [-0.2, -0.15) is 0 Å². The lowest BCUT2D eigenvalue weighted by atomic mass is 9.64. The van der Waals surface area contributed by atoms with Gasteiger partial charge in [-0.3, -0.25) is 0 Å². The Morgan fingerprint density at radius 1 is 0.538 bits per heavy atom. The summed E-state index contributed by atoms with van der Waals surface area (Å²) in [7, 11) is 0. The van der Waals surface area contributed by atoms with Gasteiger partial charge in [-0.1, -0.05) is 60.7 Å². The third-order valence-corrected chi connectivity index (χ3v) is 6.82. The van der Waals surface area contributed by atoms with Gasteiger partial charge in [0, 0.05) is 0 Å². The second kappa shape index (κ2) is 7.94. The summed E-state index contributed by atoms with van der Waals surface area (Å²) < 4.78 is 0. The van der Waals surface area contributed by atoms with E-state index in [-0.39, 0.29) is 24.0 Å². The fraction of sp³-hybridized carbons (Fsp3) is 0.500. The van der Waals surface area contributed by atoms with Crippen molar-refractivity contribution >= 4 is 0 Å². The Kier molecular flexibility index (Phi) is 5.42. The van der Waals surface area contributed by atoms with E-state index in [1.807, 2.05) is 0 Å². The second-order valence-electron chi connectivity index (χ2n) is 8.30. The van der Waals surface area contributed by atoms with Gasteiger partial charge in [-0.15, -0.1) is 0 Å². The van der Waals surface area contributed by atoms with E-state index in [0.29, 0.717) is 11.8 Å². The normalized spacial score (nSPS) is 35.2. The van der Waals surface area contributed by atoms with Crippen LogP contribution in [-0.2, 0) is 0 Å². The van der Waals surface area contributed by atoms with Crippen LogP contribution in [0.5, 0.6) is 0 Å². The third-order valence-electron chi connectivity index (χ3n) is 6.82. The molecule has 0 aliphatic heterocycles. The molecular formula is C24H30O2. The minimum atomic E-state index is -0.274. The van der Waals surface area contributed by atoms with E-state index in [0.717, 1.165) is 38.5 Å². The van der Waals surface area contributed by atoms with Crippen LogP contribution in [0.25, 0.3) is 0 Å². The Hall–Kier alpha value is -1.64. The van der Waals surface area contributed by atoms with Gasteiger partial charge in [-0.25, -0.2) is 0 Å². The number of benzene rings is 2. The summed E-state index contributed by atoms with van der Waals surface area (Å²) in [4.78, 5) is 0. The Labute approximate surface area is 156 Å². The molecule has 2 aliphatic rings. The fourth-order valence-electron chi connectivity index (χ4n) is 5.36. The average Bonchev–Trinajstić information content (AvgIpc) is 2.70. The Bertz CT molecular complexity index is 622. The van der Waals surface area contributed by atoms with Gasteiger partial charge < -0.3 is 10.2 Å². The molecule has 2 unspecified atom stereocenters. The molecule has 0 amide bonds. The zero-order valence-electron chi connectivity index (χ0n) is 15.4. The van der Waals surface area contributed by atoms with Crippen molar-refractivity contribution in [1.82, 2.24) is 0 Å². The molecule has 2 aromatic carbocycles. The van der Waals surface area contributed by atoms with Crippen LogP contribution in [0.15, 0.2) is 60.7 Å². The van der Waals surface area contributed by atoms with Crippen molar-refractivity contribution in [1.29, 1.82) is 0 Å². The van der Waals surface area contributed by atoms with Crippen LogP contribution in [0, 0.1) is 11.8 Å². The van der Waals surface area contributed by atoms with E-state index < -0.39 is 0 Å². The Morgan fingerprint density at radius 2 is 0.923 bits per heavy atom. The topological polar surface area (TPSA) is 40.5 Å². The maximum atomic E-state index is 10.7. The van der Waals surface area contributed by atoms with Crippen molar-refractivity contribution in [3.05, 3.63) is 71.8 Å². The first-order valence-electron chi connectivity index (χ1n) is 10.2. The molecule has 2 heteroatoms. The standard InChI is InChI=1S/C24H30O2/c25-23-13-11-19(17-7-3-1-4-8-17)15-21(23)22-16-20(12-14-24(22)26)18-9-5-2-6-10-18/h1-10,19-26H,11-16H2/t19?,20?,21-,22-,23+,24+/m0/s1. The van der Waals surface area contributed by atoms with Gasteiger partial charge in [0.1, 0.15) is 0 Å². The molecular weight excluding hydrogens is 320 g/mol. The van der Waals surface area contributed by atoms with Crippen molar-refractivity contribution in [2.24, 2.45) is 11.8 Å². The van der Waals surface area contributed by atoms with Crippen LogP contribution in [0.3, 0.4) is 0 Å². The van der Waals surface area contributed by atoms with E-state index in [9.17, 15) is 10.2 Å². The van der Waals surface area contributed by atoms with Crippen molar-refractivity contribution in [2.75, 3.05) is 0 Å². The first-order chi connectivity index (χ1) is 12.7. The molecule has 2 nitrogen and oxygen atoms in total. The summed E-state index contributed by atoms with van der Waals surface area (Å²) in [6, 6.07) is 21.4. The van der Waals surface area contributed by atoms with Crippen LogP contribution < -0.4 is 0 Å². The zero-order chi connectivity index (χ0) is 17.9. The minimum Gasteiger partial charge on any atom is -0.393 e. The van der Waals surface area contributed by atoms with Crippen molar-refractivity contribution in [2.45, 2.75) is 62.6 Å². The van der Waals surface area contributed by atoms with E-state index in [1.54, 1.807) is 0 Å². The summed E-state index contributed by atoms with van der Waals surface area (Å²) in [5, 5.41) is 21.5. The lowest BCUT2D eigenvalue weighted by Gasteiger charge is -2.44. The molecule has 138 valence electrons. The molecule has 0 saturated heterocycles. The lowest BCUT2D eigenvalue weighted by Crippen LogP contribution is -2.42. The predicted octanol–water partition coefficient (Wildman–Crippen LogP) is 4.88. The summed E-state index contributed by atoms with van der Waals surface area (Å²) in [5.41, 5.74) is 2.77. The monoisotopic (exact) mass is 350 g/mol. The van der Waals surface area contributed by atoms with Crippen LogP contribution in [0.2, 0.25) is 0 Å². The number of hydrogen-bond donors (Lipinski definition) is 2. The highest BCUT2D eigenvalue weighted by atomic mass is 16.3.